The molecule has 1 aromatic heterocycles. The largest absolute Gasteiger partial charge is 0.513 e. The molecule has 13 heteroatoms. The third-order valence-electron chi connectivity index (χ3n) is 6.52. The second-order valence-electron chi connectivity index (χ2n) is 11.8. The molecule has 2 aromatic rings. The van der Waals surface area contributed by atoms with Crippen LogP contribution in [0.25, 0.3) is 0 Å². The Morgan fingerprint density at radius 2 is 1.51 bits per heavy atom. The normalized spacial score (nSPS) is 11.3. The van der Waals surface area contributed by atoms with Crippen LogP contribution in [0.15, 0.2) is 53.8 Å². The fraction of sp³-hybridized carbons (Fsp3) is 0.559. The highest BCUT2D eigenvalue weighted by molar-refractivity contribution is 6.30. The van der Waals surface area contributed by atoms with Crippen molar-refractivity contribution in [2.24, 2.45) is 4.99 Å². The van der Waals surface area contributed by atoms with Crippen LogP contribution in [0.1, 0.15) is 85.0 Å². The molecular weight excluding hydrogens is 624 g/mol. The maximum Gasteiger partial charge on any atom is 0.513 e. The van der Waals surface area contributed by atoms with Crippen LogP contribution in [0.4, 0.5) is 15.3 Å². The number of guanidine groups is 1. The first-order chi connectivity index (χ1) is 22.6. The van der Waals surface area contributed by atoms with E-state index in [0.29, 0.717) is 37.3 Å². The fourth-order valence-electron chi connectivity index (χ4n) is 4.17. The Balaban J connectivity index is 1.51. The lowest BCUT2D eigenvalue weighted by Gasteiger charge is -2.19. The first-order valence-corrected chi connectivity index (χ1v) is 16.6. The maximum absolute atomic E-state index is 11.9. The van der Waals surface area contributed by atoms with Gasteiger partial charge < -0.3 is 29.6 Å². The molecular formula is C34H50ClN6O6+. The zero-order chi connectivity index (χ0) is 34.2. The number of aliphatic imine (C=N–C) groups is 1. The highest BCUT2D eigenvalue weighted by Crippen LogP contribution is 2.16. The van der Waals surface area contributed by atoms with E-state index < -0.39 is 11.8 Å². The molecule has 0 bridgehead atoms. The number of amides is 1. The summed E-state index contributed by atoms with van der Waals surface area (Å²) in [6, 6.07) is 10.9. The Labute approximate surface area is 283 Å². The van der Waals surface area contributed by atoms with Gasteiger partial charge in [-0.2, -0.15) is 9.83 Å². The summed E-state index contributed by atoms with van der Waals surface area (Å²) in [7, 11) is 0. The van der Waals surface area contributed by atoms with Gasteiger partial charge in [0.25, 0.3) is 6.73 Å². The molecule has 0 atom stereocenters. The Morgan fingerprint density at radius 3 is 2.19 bits per heavy atom. The number of alkyl carbamates (subject to hydrolysis) is 1. The van der Waals surface area contributed by atoms with Gasteiger partial charge in [-0.05, 0) is 77.1 Å². The highest BCUT2D eigenvalue weighted by atomic mass is 35.5. The minimum Gasteiger partial charge on any atom is -0.494 e. The van der Waals surface area contributed by atoms with Crippen molar-refractivity contribution in [3.8, 4) is 11.9 Å². The van der Waals surface area contributed by atoms with Crippen LogP contribution in [-0.2, 0) is 20.9 Å². The van der Waals surface area contributed by atoms with Gasteiger partial charge in [-0.15, -0.1) is 0 Å². The predicted octanol–water partition coefficient (Wildman–Crippen LogP) is 7.08. The van der Waals surface area contributed by atoms with Crippen LogP contribution in [0.5, 0.6) is 5.75 Å². The first kappa shape index (κ1) is 38.9. The van der Waals surface area contributed by atoms with Crippen molar-refractivity contribution < 1.29 is 33.1 Å². The average molecular weight is 674 g/mol. The van der Waals surface area contributed by atoms with Gasteiger partial charge >= 0.3 is 12.2 Å². The summed E-state index contributed by atoms with van der Waals surface area (Å²) in [4.78, 5) is 28.0. The quantitative estimate of drug-likeness (QED) is 0.0255. The lowest BCUT2D eigenvalue weighted by atomic mass is 10.1. The lowest BCUT2D eigenvalue weighted by Crippen LogP contribution is -2.35. The number of anilines is 1. The molecule has 1 amide bonds. The molecule has 0 radical (unpaired) electrons. The predicted molar refractivity (Wildman–Crippen MR) is 181 cm³/mol. The summed E-state index contributed by atoms with van der Waals surface area (Å²) < 4.78 is 22.9. The molecule has 0 aliphatic rings. The number of benzene rings is 1. The van der Waals surface area contributed by atoms with Crippen molar-refractivity contribution in [2.45, 2.75) is 97.3 Å². The molecule has 1 heterocycles. The monoisotopic (exact) mass is 673 g/mol. The molecule has 2 rings (SSSR count). The Kier molecular flexibility index (Phi) is 19.2. The summed E-state index contributed by atoms with van der Waals surface area (Å²) in [5.41, 5.74) is 0.238. The Hall–Kier alpha value is -4.24. The van der Waals surface area contributed by atoms with Gasteiger partial charge in [0.05, 0.1) is 18.9 Å². The number of nitriles is 1. The van der Waals surface area contributed by atoms with Gasteiger partial charge in [-0.3, -0.25) is 10.3 Å². The number of hydrogen-bond acceptors (Lipinski definition) is 8. The van der Waals surface area contributed by atoms with Crippen LogP contribution >= 0.6 is 11.6 Å². The summed E-state index contributed by atoms with van der Waals surface area (Å²) in [5, 5.41) is 18.2. The van der Waals surface area contributed by atoms with Gasteiger partial charge in [0, 0.05) is 30.2 Å². The molecule has 0 aliphatic heterocycles. The first-order valence-electron chi connectivity index (χ1n) is 16.2. The maximum atomic E-state index is 11.9. The van der Waals surface area contributed by atoms with Gasteiger partial charge in [-0.25, -0.2) is 9.59 Å². The number of rotatable bonds is 20. The zero-order valence-electron chi connectivity index (χ0n) is 27.9. The summed E-state index contributed by atoms with van der Waals surface area (Å²) in [6.07, 6.45) is 13.8. The molecule has 0 saturated carbocycles. The zero-order valence-corrected chi connectivity index (χ0v) is 28.7. The van der Waals surface area contributed by atoms with Crippen molar-refractivity contribution in [1.82, 2.24) is 10.6 Å². The van der Waals surface area contributed by atoms with Crippen molar-refractivity contribution in [1.29, 1.82) is 5.26 Å². The molecule has 258 valence electrons. The highest BCUT2D eigenvalue weighted by Gasteiger charge is 2.15. The average Bonchev–Trinajstić information content (AvgIpc) is 3.03. The van der Waals surface area contributed by atoms with Crippen LogP contribution in [-0.4, -0.2) is 50.1 Å². The smallest absolute Gasteiger partial charge is 0.494 e. The second kappa shape index (κ2) is 23.1. The molecule has 3 N–H and O–H groups in total. The van der Waals surface area contributed by atoms with E-state index >= 15 is 0 Å². The number of unbranched alkanes of at least 4 members (excludes halogenated alkanes) is 8. The number of halogens is 1. The van der Waals surface area contributed by atoms with E-state index in [1.165, 1.54) is 0 Å². The van der Waals surface area contributed by atoms with Crippen LogP contribution in [0, 0.1) is 11.5 Å². The van der Waals surface area contributed by atoms with E-state index in [2.05, 4.69) is 20.9 Å². The van der Waals surface area contributed by atoms with Gasteiger partial charge in [0.15, 0.2) is 18.6 Å². The number of hydrogen-bond donors (Lipinski definition) is 3. The molecule has 47 heavy (non-hydrogen) atoms. The van der Waals surface area contributed by atoms with Gasteiger partial charge in [0.1, 0.15) is 11.4 Å². The van der Waals surface area contributed by atoms with Crippen molar-refractivity contribution in [3.05, 3.63) is 53.8 Å². The van der Waals surface area contributed by atoms with Crippen LogP contribution in [0.3, 0.4) is 0 Å². The topological polar surface area (TPSA) is 147 Å². The molecule has 12 nitrogen and oxygen atoms in total. The van der Waals surface area contributed by atoms with E-state index in [1.807, 2.05) is 51.2 Å². The van der Waals surface area contributed by atoms with E-state index in [0.717, 1.165) is 75.6 Å². The van der Waals surface area contributed by atoms with E-state index in [1.54, 1.807) is 29.1 Å². The summed E-state index contributed by atoms with van der Waals surface area (Å²) in [6.45, 7) is 7.65. The van der Waals surface area contributed by atoms with Crippen molar-refractivity contribution in [2.75, 3.05) is 31.6 Å². The SMILES string of the molecule is CC(C)(C)OC(=O)NCCCCCCCCOC(=O)OC[n+]1ccc(NC(=NCCCCCCOc2ccc(Cl)cc2)NC#N)cc1. The number of ether oxygens (including phenoxy) is 4. The second-order valence-corrected chi connectivity index (χ2v) is 12.3. The van der Waals surface area contributed by atoms with E-state index in [-0.39, 0.29) is 12.8 Å². The fourth-order valence-corrected chi connectivity index (χ4v) is 4.30. The Morgan fingerprint density at radius 1 is 0.872 bits per heavy atom. The third-order valence-corrected chi connectivity index (χ3v) is 6.78. The summed E-state index contributed by atoms with van der Waals surface area (Å²) >= 11 is 5.88. The molecule has 0 unspecified atom stereocenters. The molecule has 0 fully saturated rings. The number of nitrogens with one attached hydrogen (secondary N) is 3. The van der Waals surface area contributed by atoms with E-state index in [9.17, 15) is 9.59 Å². The minimum absolute atomic E-state index is 0.0125. The van der Waals surface area contributed by atoms with E-state index in [4.69, 9.17) is 35.8 Å². The Bertz CT molecular complexity index is 1250. The minimum atomic E-state index is -0.713. The standard InChI is InChI=1S/C34H49ClN6O6/c1-34(2,3)47-32(42)38-21-11-6-4-5-8-13-25-45-33(43)46-27-41-22-18-29(19-23-41)40-31(39-26-36)37-20-10-7-9-12-24-44-30-16-14-28(35)15-17-30/h14-19,22-23H,4-13,20-21,24-25,27H2,1-3H3,(H2,37,38,39,42)/p+1. The number of carbonyl (C=O) groups excluding carboxylic acids is 2. The number of aromatic nitrogens is 1. The number of pyridine rings is 1. The van der Waals surface area contributed by atoms with Crippen molar-refractivity contribution >= 4 is 35.5 Å². The van der Waals surface area contributed by atoms with Crippen LogP contribution < -0.4 is 25.3 Å². The molecule has 0 saturated heterocycles. The van der Waals surface area contributed by atoms with Gasteiger partial charge in [-0.1, -0.05) is 43.7 Å². The van der Waals surface area contributed by atoms with Gasteiger partial charge in [0.2, 0.25) is 5.96 Å². The number of carbonyl (C=O) groups is 2. The number of nitrogens with zero attached hydrogens (tertiary/aromatic N) is 3. The van der Waals surface area contributed by atoms with Crippen LogP contribution in [0.2, 0.25) is 5.02 Å². The molecule has 0 spiro atoms. The van der Waals surface area contributed by atoms with Crippen molar-refractivity contribution in [3.63, 3.8) is 0 Å². The molecule has 0 aliphatic carbocycles. The lowest BCUT2D eigenvalue weighted by molar-refractivity contribution is -0.727. The third kappa shape index (κ3) is 20.5. The summed E-state index contributed by atoms with van der Waals surface area (Å²) in [5.74, 6) is 1.18. The molecule has 1 aromatic carbocycles.